The Kier molecular flexibility index (Phi) is 8.44. The lowest BCUT2D eigenvalue weighted by Gasteiger charge is -2.42. The summed E-state index contributed by atoms with van der Waals surface area (Å²) in [5.41, 5.74) is 0.570. The number of piperidine rings is 1. The van der Waals surface area contributed by atoms with Crippen LogP contribution in [0.2, 0.25) is 0 Å². The van der Waals surface area contributed by atoms with Crippen molar-refractivity contribution in [3.05, 3.63) is 95.6 Å². The molecule has 2 saturated heterocycles. The van der Waals surface area contributed by atoms with Crippen molar-refractivity contribution in [1.29, 1.82) is 0 Å². The Morgan fingerprint density at radius 3 is 1.98 bits per heavy atom. The number of hydrogen-bond donors (Lipinski definition) is 0. The van der Waals surface area contributed by atoms with E-state index in [0.717, 1.165) is 22.6 Å². The van der Waals surface area contributed by atoms with E-state index >= 15 is 0 Å². The number of likely N-dealkylation sites (tertiary alicyclic amines) is 1. The number of anilines is 1. The minimum absolute atomic E-state index is 0.101. The van der Waals surface area contributed by atoms with Gasteiger partial charge in [0.1, 0.15) is 16.9 Å². The predicted molar refractivity (Wildman–Crippen MR) is 157 cm³/mol. The van der Waals surface area contributed by atoms with Crippen LogP contribution in [0.5, 0.6) is 5.75 Å². The molecule has 0 saturated carbocycles. The molecule has 3 aromatic rings. The average molecular weight is 610 g/mol. The number of rotatable bonds is 7. The van der Waals surface area contributed by atoms with Crippen molar-refractivity contribution >= 4 is 23.6 Å². The minimum atomic E-state index is -4.87. The van der Waals surface area contributed by atoms with E-state index in [1.54, 1.807) is 49.9 Å². The second kappa shape index (κ2) is 12.0. The molecular formula is C33H34F3N3O5. The molecule has 0 unspecified atom stereocenters. The molecule has 232 valence electrons. The molecular weight excluding hydrogens is 575 g/mol. The van der Waals surface area contributed by atoms with Crippen molar-refractivity contribution in [1.82, 2.24) is 9.80 Å². The number of esters is 1. The third-order valence-electron chi connectivity index (χ3n) is 7.73. The maximum absolute atomic E-state index is 14.1. The Labute approximate surface area is 253 Å². The highest BCUT2D eigenvalue weighted by Crippen LogP contribution is 2.41. The molecule has 0 aliphatic carbocycles. The molecule has 0 radical (unpaired) electrons. The second-order valence-corrected chi connectivity index (χ2v) is 12.0. The highest BCUT2D eigenvalue weighted by molar-refractivity contribution is 6.23. The zero-order chi connectivity index (χ0) is 31.7. The maximum atomic E-state index is 14.1. The maximum Gasteiger partial charge on any atom is 0.573 e. The van der Waals surface area contributed by atoms with Crippen LogP contribution in [0.1, 0.15) is 55.1 Å². The summed E-state index contributed by atoms with van der Waals surface area (Å²) in [5, 5.41) is 0. The Morgan fingerprint density at radius 2 is 1.41 bits per heavy atom. The van der Waals surface area contributed by atoms with Gasteiger partial charge in [-0.1, -0.05) is 42.5 Å². The summed E-state index contributed by atoms with van der Waals surface area (Å²) in [7, 11) is 0. The number of halogens is 3. The summed E-state index contributed by atoms with van der Waals surface area (Å²) >= 11 is 0. The van der Waals surface area contributed by atoms with E-state index in [1.807, 2.05) is 30.3 Å². The smallest absolute Gasteiger partial charge is 0.456 e. The first-order valence-corrected chi connectivity index (χ1v) is 14.3. The largest absolute Gasteiger partial charge is 0.573 e. The molecule has 11 heteroatoms. The fraction of sp³-hybridized carbons (Fsp3) is 0.364. The fourth-order valence-corrected chi connectivity index (χ4v) is 5.63. The summed E-state index contributed by atoms with van der Waals surface area (Å²) in [4.78, 5) is 45.4. The number of benzene rings is 3. The number of ether oxygens (including phenoxy) is 2. The normalized spacial score (nSPS) is 17.3. The van der Waals surface area contributed by atoms with Gasteiger partial charge in [-0.05, 0) is 81.1 Å². The summed E-state index contributed by atoms with van der Waals surface area (Å²) in [6.45, 7) is 7.27. The first-order chi connectivity index (χ1) is 20.7. The fourth-order valence-electron chi connectivity index (χ4n) is 5.63. The quantitative estimate of drug-likeness (QED) is 0.224. The number of amides is 3. The van der Waals surface area contributed by atoms with Gasteiger partial charge in [0.15, 0.2) is 0 Å². The van der Waals surface area contributed by atoms with Crippen LogP contribution in [-0.2, 0) is 22.6 Å². The molecule has 44 heavy (non-hydrogen) atoms. The van der Waals surface area contributed by atoms with Crippen LogP contribution in [0.3, 0.4) is 0 Å². The van der Waals surface area contributed by atoms with Gasteiger partial charge in [0, 0.05) is 26.2 Å². The SMILES string of the molecule is CC(C)(C)OC(=O)c1ccc(CN2C(=O)N(c3ccc(OC(F)(F)F)cc3)C(=O)C23CCN(Cc2ccccc2)CC3)cc1. The van der Waals surface area contributed by atoms with E-state index < -0.39 is 41.2 Å². The van der Waals surface area contributed by atoms with E-state index in [2.05, 4.69) is 9.64 Å². The average Bonchev–Trinajstić information content (AvgIpc) is 3.15. The third kappa shape index (κ3) is 6.88. The van der Waals surface area contributed by atoms with Crippen LogP contribution in [0.15, 0.2) is 78.9 Å². The minimum Gasteiger partial charge on any atom is -0.456 e. The molecule has 3 aromatic carbocycles. The number of hydrogen-bond acceptors (Lipinski definition) is 6. The number of alkyl halides is 3. The Morgan fingerprint density at radius 1 is 0.818 bits per heavy atom. The highest BCUT2D eigenvalue weighted by Gasteiger charge is 2.58. The zero-order valence-electron chi connectivity index (χ0n) is 24.8. The van der Waals surface area contributed by atoms with Crippen LogP contribution < -0.4 is 9.64 Å². The molecule has 3 amide bonds. The summed E-state index contributed by atoms with van der Waals surface area (Å²) in [6.07, 6.45) is -4.10. The zero-order valence-corrected chi connectivity index (χ0v) is 24.8. The highest BCUT2D eigenvalue weighted by atomic mass is 19.4. The molecule has 5 rings (SSSR count). The molecule has 2 aliphatic rings. The number of imide groups is 1. The van der Waals surface area contributed by atoms with Crippen LogP contribution in [0.4, 0.5) is 23.7 Å². The van der Waals surface area contributed by atoms with E-state index in [4.69, 9.17) is 4.74 Å². The molecule has 0 N–H and O–H groups in total. The third-order valence-corrected chi connectivity index (χ3v) is 7.73. The van der Waals surface area contributed by atoms with E-state index in [0.29, 0.717) is 43.6 Å². The van der Waals surface area contributed by atoms with Gasteiger partial charge >= 0.3 is 18.4 Å². The monoisotopic (exact) mass is 609 g/mol. The molecule has 0 aromatic heterocycles. The lowest BCUT2D eigenvalue weighted by molar-refractivity contribution is -0.274. The van der Waals surface area contributed by atoms with Crippen molar-refractivity contribution < 1.29 is 37.0 Å². The van der Waals surface area contributed by atoms with Crippen molar-refractivity contribution in [2.45, 2.75) is 64.2 Å². The number of carbonyl (C=O) groups excluding carboxylic acids is 3. The van der Waals surface area contributed by atoms with Gasteiger partial charge in [0.25, 0.3) is 5.91 Å². The lowest BCUT2D eigenvalue weighted by atomic mass is 9.85. The Bertz CT molecular complexity index is 1490. The van der Waals surface area contributed by atoms with Gasteiger partial charge in [-0.15, -0.1) is 13.2 Å². The van der Waals surface area contributed by atoms with Crippen molar-refractivity contribution in [3.63, 3.8) is 0 Å². The lowest BCUT2D eigenvalue weighted by Crippen LogP contribution is -2.56. The van der Waals surface area contributed by atoms with Gasteiger partial charge in [-0.3, -0.25) is 9.69 Å². The summed E-state index contributed by atoms with van der Waals surface area (Å²) in [6, 6.07) is 20.8. The summed E-state index contributed by atoms with van der Waals surface area (Å²) in [5.74, 6) is -1.34. The Hall–Kier alpha value is -4.38. The van der Waals surface area contributed by atoms with E-state index in [9.17, 15) is 27.6 Å². The predicted octanol–water partition coefficient (Wildman–Crippen LogP) is 6.54. The van der Waals surface area contributed by atoms with Gasteiger partial charge in [0.2, 0.25) is 0 Å². The standard InChI is InChI=1S/C33H34F3N3O5/c1-31(2,3)44-28(40)25-11-9-24(10-12-25)22-38-30(42)39(26-13-15-27(16-14-26)43-33(34,35)36)29(41)32(38)17-19-37(20-18-32)21-23-7-5-4-6-8-23/h4-16H,17-22H2,1-3H3. The molecule has 1 spiro atoms. The Balaban J connectivity index is 1.40. The molecule has 8 nitrogen and oxygen atoms in total. The van der Waals surface area contributed by atoms with Crippen molar-refractivity contribution in [2.75, 3.05) is 18.0 Å². The summed E-state index contributed by atoms with van der Waals surface area (Å²) < 4.78 is 47.5. The number of carbonyl (C=O) groups is 3. The van der Waals surface area contributed by atoms with E-state index in [1.165, 1.54) is 12.1 Å². The molecule has 2 heterocycles. The van der Waals surface area contributed by atoms with E-state index in [-0.39, 0.29) is 12.2 Å². The molecule has 2 aliphatic heterocycles. The van der Waals surface area contributed by atoms with Crippen molar-refractivity contribution in [2.24, 2.45) is 0 Å². The molecule has 2 fully saturated rings. The molecule has 0 atom stereocenters. The van der Waals surface area contributed by atoms with Gasteiger partial charge in [0.05, 0.1) is 11.3 Å². The van der Waals surface area contributed by atoms with Crippen LogP contribution >= 0.6 is 0 Å². The van der Waals surface area contributed by atoms with Gasteiger partial charge in [-0.2, -0.15) is 0 Å². The molecule has 0 bridgehead atoms. The first-order valence-electron chi connectivity index (χ1n) is 14.3. The second-order valence-electron chi connectivity index (χ2n) is 12.0. The van der Waals surface area contributed by atoms with Gasteiger partial charge in [-0.25, -0.2) is 14.5 Å². The number of nitrogens with zero attached hydrogens (tertiary/aromatic N) is 3. The topological polar surface area (TPSA) is 79.4 Å². The van der Waals surface area contributed by atoms with Gasteiger partial charge < -0.3 is 14.4 Å². The van der Waals surface area contributed by atoms with Crippen LogP contribution in [0.25, 0.3) is 0 Å². The first kappa shape index (κ1) is 31.1. The van der Waals surface area contributed by atoms with Crippen LogP contribution in [-0.4, -0.2) is 58.3 Å². The number of urea groups is 1. The van der Waals surface area contributed by atoms with Crippen LogP contribution in [0, 0.1) is 0 Å². The van der Waals surface area contributed by atoms with Crippen molar-refractivity contribution in [3.8, 4) is 5.75 Å².